The van der Waals surface area contributed by atoms with Gasteiger partial charge in [-0.2, -0.15) is 0 Å². The minimum absolute atomic E-state index is 0.0234. The second-order valence-electron chi connectivity index (χ2n) is 7.56. The van der Waals surface area contributed by atoms with Crippen molar-refractivity contribution in [3.63, 3.8) is 0 Å². The smallest absolute Gasteiger partial charge is 0.255 e. The molecule has 0 bridgehead atoms. The molecule has 6 nitrogen and oxygen atoms in total. The quantitative estimate of drug-likeness (QED) is 0.516. The highest BCUT2D eigenvalue weighted by atomic mass is 32.2. The van der Waals surface area contributed by atoms with E-state index in [2.05, 4.69) is 12.2 Å². The molecule has 0 saturated carbocycles. The second-order valence-corrected chi connectivity index (χ2v) is 8.63. The van der Waals surface area contributed by atoms with Crippen molar-refractivity contribution >= 4 is 35.0 Å². The van der Waals surface area contributed by atoms with Gasteiger partial charge in [-0.1, -0.05) is 37.3 Å². The molecule has 1 heterocycles. The summed E-state index contributed by atoms with van der Waals surface area (Å²) in [4.78, 5) is 27.6. The number of rotatable bonds is 7. The summed E-state index contributed by atoms with van der Waals surface area (Å²) in [5.41, 5.74) is 3.95. The average Bonchev–Trinajstić information content (AvgIpc) is 3.24. The van der Waals surface area contributed by atoms with Gasteiger partial charge in [0, 0.05) is 22.9 Å². The molecule has 1 N–H and O–H groups in total. The Kier molecular flexibility index (Phi) is 6.89. The van der Waals surface area contributed by atoms with Crippen LogP contribution in [0.4, 0.5) is 11.4 Å². The summed E-state index contributed by atoms with van der Waals surface area (Å²) in [6.45, 7) is 2.08. The van der Waals surface area contributed by atoms with Crippen molar-refractivity contribution in [3.8, 4) is 11.5 Å². The highest BCUT2D eigenvalue weighted by Crippen LogP contribution is 2.47. The first-order valence-corrected chi connectivity index (χ1v) is 11.8. The van der Waals surface area contributed by atoms with E-state index in [0.29, 0.717) is 34.2 Å². The zero-order valence-corrected chi connectivity index (χ0v) is 19.6. The number of anilines is 2. The summed E-state index contributed by atoms with van der Waals surface area (Å²) in [7, 11) is 3.15. The third-order valence-corrected chi connectivity index (χ3v) is 6.81. The lowest BCUT2D eigenvalue weighted by Gasteiger charge is -2.27. The highest BCUT2D eigenvalue weighted by molar-refractivity contribution is 8.00. The van der Waals surface area contributed by atoms with Crippen LogP contribution in [-0.4, -0.2) is 31.8 Å². The van der Waals surface area contributed by atoms with Gasteiger partial charge in [-0.25, -0.2) is 0 Å². The molecule has 0 aliphatic carbocycles. The van der Waals surface area contributed by atoms with Gasteiger partial charge in [0.05, 0.1) is 25.7 Å². The van der Waals surface area contributed by atoms with E-state index in [9.17, 15) is 9.59 Å². The Balaban J connectivity index is 1.66. The first-order chi connectivity index (χ1) is 16.0. The number of methoxy groups -OCH3 is 2. The van der Waals surface area contributed by atoms with E-state index in [1.165, 1.54) is 17.3 Å². The minimum atomic E-state index is -0.307. The molecule has 0 spiro atoms. The molecule has 1 aliphatic rings. The molecular weight excluding hydrogens is 436 g/mol. The first kappa shape index (κ1) is 22.7. The monoisotopic (exact) mass is 462 g/mol. The summed E-state index contributed by atoms with van der Waals surface area (Å²) in [5, 5.41) is 2.73. The molecule has 4 rings (SSSR count). The maximum atomic E-state index is 12.9. The Morgan fingerprint density at radius 2 is 1.82 bits per heavy atom. The second kappa shape index (κ2) is 10.0. The van der Waals surface area contributed by atoms with E-state index in [0.717, 1.165) is 12.0 Å². The molecule has 3 aromatic carbocycles. The van der Waals surface area contributed by atoms with Crippen molar-refractivity contribution in [2.75, 3.05) is 30.2 Å². The van der Waals surface area contributed by atoms with Gasteiger partial charge in [0.2, 0.25) is 5.91 Å². The van der Waals surface area contributed by atoms with E-state index < -0.39 is 0 Å². The fourth-order valence-electron chi connectivity index (χ4n) is 3.81. The van der Waals surface area contributed by atoms with E-state index in [-0.39, 0.29) is 17.2 Å². The summed E-state index contributed by atoms with van der Waals surface area (Å²) in [6.07, 6.45) is 0.919. The molecular formula is C26H26N2O4S. The van der Waals surface area contributed by atoms with Gasteiger partial charge in [-0.15, -0.1) is 11.8 Å². The topological polar surface area (TPSA) is 67.9 Å². The van der Waals surface area contributed by atoms with Crippen molar-refractivity contribution < 1.29 is 19.1 Å². The number of carbonyl (C=O) groups is 2. The van der Waals surface area contributed by atoms with Gasteiger partial charge in [0.25, 0.3) is 5.91 Å². The van der Waals surface area contributed by atoms with Crippen LogP contribution < -0.4 is 19.7 Å². The fraction of sp³-hybridized carbons (Fsp3) is 0.231. The van der Waals surface area contributed by atoms with Crippen molar-refractivity contribution in [1.82, 2.24) is 0 Å². The van der Waals surface area contributed by atoms with Crippen LogP contribution in [0.5, 0.6) is 11.5 Å². The SMILES string of the molecule is CCc1ccc(C(=O)Nc2ccccc2[C@H]2SCC(=O)N2c2ccc(OC)cc2OC)cc1. The fourth-order valence-corrected chi connectivity index (χ4v) is 5.02. The predicted octanol–water partition coefficient (Wildman–Crippen LogP) is 5.30. The molecule has 1 atom stereocenters. The molecule has 3 aromatic rings. The summed E-state index contributed by atoms with van der Waals surface area (Å²) in [6, 6.07) is 20.6. The van der Waals surface area contributed by atoms with Gasteiger partial charge >= 0.3 is 0 Å². The number of aryl methyl sites for hydroxylation is 1. The van der Waals surface area contributed by atoms with Gasteiger partial charge in [-0.3, -0.25) is 14.5 Å². The summed E-state index contributed by atoms with van der Waals surface area (Å²) >= 11 is 1.52. The van der Waals surface area contributed by atoms with Crippen LogP contribution in [0, 0.1) is 0 Å². The number of benzene rings is 3. The van der Waals surface area contributed by atoms with Crippen LogP contribution in [0.1, 0.15) is 33.8 Å². The number of nitrogens with one attached hydrogen (secondary N) is 1. The van der Waals surface area contributed by atoms with Crippen LogP contribution in [0.25, 0.3) is 0 Å². The molecule has 7 heteroatoms. The van der Waals surface area contributed by atoms with E-state index in [1.807, 2.05) is 54.6 Å². The first-order valence-electron chi connectivity index (χ1n) is 10.7. The lowest BCUT2D eigenvalue weighted by atomic mass is 10.1. The molecule has 2 amide bonds. The van der Waals surface area contributed by atoms with Crippen LogP contribution in [0.2, 0.25) is 0 Å². The largest absolute Gasteiger partial charge is 0.497 e. The molecule has 170 valence electrons. The van der Waals surface area contributed by atoms with Gasteiger partial charge in [0.15, 0.2) is 0 Å². The number of nitrogens with zero attached hydrogens (tertiary/aromatic N) is 1. The van der Waals surface area contributed by atoms with Gasteiger partial charge < -0.3 is 14.8 Å². The summed E-state index contributed by atoms with van der Waals surface area (Å²) < 4.78 is 10.8. The van der Waals surface area contributed by atoms with Crippen molar-refractivity contribution in [3.05, 3.63) is 83.4 Å². The van der Waals surface area contributed by atoms with Crippen molar-refractivity contribution in [1.29, 1.82) is 0 Å². The van der Waals surface area contributed by atoms with E-state index in [1.54, 1.807) is 31.3 Å². The zero-order valence-electron chi connectivity index (χ0n) is 18.8. The maximum absolute atomic E-state index is 12.9. The van der Waals surface area contributed by atoms with Crippen LogP contribution in [0.3, 0.4) is 0 Å². The third-order valence-electron chi connectivity index (χ3n) is 5.61. The number of carbonyl (C=O) groups excluding carboxylic acids is 2. The van der Waals surface area contributed by atoms with Gasteiger partial charge in [0.1, 0.15) is 16.9 Å². The number of amides is 2. The molecule has 0 radical (unpaired) electrons. The van der Waals surface area contributed by atoms with Gasteiger partial charge in [-0.05, 0) is 42.3 Å². The lowest BCUT2D eigenvalue weighted by molar-refractivity contribution is -0.115. The van der Waals surface area contributed by atoms with Crippen LogP contribution in [-0.2, 0) is 11.2 Å². The Morgan fingerprint density at radius 1 is 1.06 bits per heavy atom. The Hall–Kier alpha value is -3.45. The number of para-hydroxylation sites is 1. The predicted molar refractivity (Wildman–Crippen MR) is 132 cm³/mol. The number of ether oxygens (including phenoxy) is 2. The Bertz CT molecular complexity index is 1160. The van der Waals surface area contributed by atoms with Crippen LogP contribution in [0.15, 0.2) is 66.7 Å². The molecule has 33 heavy (non-hydrogen) atoms. The summed E-state index contributed by atoms with van der Waals surface area (Å²) in [5.74, 6) is 1.32. The maximum Gasteiger partial charge on any atom is 0.255 e. The molecule has 0 unspecified atom stereocenters. The van der Waals surface area contributed by atoms with Crippen LogP contribution >= 0.6 is 11.8 Å². The average molecular weight is 463 g/mol. The Morgan fingerprint density at radius 3 is 2.52 bits per heavy atom. The standard InChI is InChI=1S/C26H26N2O4S/c1-4-17-9-11-18(12-10-17)25(30)27-21-8-6-5-7-20(21)26-28(24(29)16-33-26)22-14-13-19(31-2)15-23(22)32-3/h5-15,26H,4,16H2,1-3H3,(H,27,30)/t26-/m1/s1. The highest BCUT2D eigenvalue weighted by Gasteiger charge is 2.37. The van der Waals surface area contributed by atoms with Crippen molar-refractivity contribution in [2.24, 2.45) is 0 Å². The zero-order chi connectivity index (χ0) is 23.4. The third kappa shape index (κ3) is 4.68. The van der Waals surface area contributed by atoms with E-state index >= 15 is 0 Å². The minimum Gasteiger partial charge on any atom is -0.497 e. The number of hydrogen-bond acceptors (Lipinski definition) is 5. The lowest BCUT2D eigenvalue weighted by Crippen LogP contribution is -2.29. The normalized spacial score (nSPS) is 15.4. The van der Waals surface area contributed by atoms with E-state index in [4.69, 9.17) is 9.47 Å². The number of hydrogen-bond donors (Lipinski definition) is 1. The number of thioether (sulfide) groups is 1. The molecule has 0 aromatic heterocycles. The molecule has 1 saturated heterocycles. The Labute approximate surface area is 197 Å². The molecule has 1 aliphatic heterocycles. The van der Waals surface area contributed by atoms with Crippen molar-refractivity contribution in [2.45, 2.75) is 18.7 Å². The molecule has 1 fully saturated rings.